The molecule has 24 heavy (non-hydrogen) atoms. The highest BCUT2D eigenvalue weighted by molar-refractivity contribution is 14.1. The Labute approximate surface area is 174 Å². The highest BCUT2D eigenvalue weighted by atomic mass is 127. The molecular weight excluding hydrogens is 538 g/mol. The van der Waals surface area contributed by atoms with Crippen molar-refractivity contribution in [3.8, 4) is 0 Å². The maximum atomic E-state index is 2.43. The minimum atomic E-state index is -0.0628. The van der Waals surface area contributed by atoms with E-state index in [1.165, 1.54) is 27.4 Å². The van der Waals surface area contributed by atoms with Crippen LogP contribution in [0.4, 0.5) is 0 Å². The Kier molecular flexibility index (Phi) is 6.27. The zero-order chi connectivity index (χ0) is 17.1. The summed E-state index contributed by atoms with van der Waals surface area (Å²) in [5.74, 6) is 0.566. The fourth-order valence-electron chi connectivity index (χ4n) is 2.56. The molecular formula is C21H19I2S+. The number of hydrogen-bond donors (Lipinski definition) is 0. The molecule has 0 aromatic heterocycles. The molecule has 0 nitrogen and oxygen atoms in total. The molecule has 1 unspecified atom stereocenters. The molecule has 0 N–H and O–H groups in total. The van der Waals surface area contributed by atoms with Gasteiger partial charge in [0.2, 0.25) is 0 Å². The van der Waals surface area contributed by atoms with Gasteiger partial charge in [0.1, 0.15) is 0 Å². The van der Waals surface area contributed by atoms with Gasteiger partial charge in [-0.3, -0.25) is 0 Å². The summed E-state index contributed by atoms with van der Waals surface area (Å²) < 4.78 is 2.63. The van der Waals surface area contributed by atoms with E-state index in [1.807, 2.05) is 0 Å². The third kappa shape index (κ3) is 4.17. The van der Waals surface area contributed by atoms with Crippen molar-refractivity contribution in [1.82, 2.24) is 0 Å². The zero-order valence-electron chi connectivity index (χ0n) is 13.7. The Morgan fingerprint density at radius 1 is 0.667 bits per heavy atom. The highest BCUT2D eigenvalue weighted by Crippen LogP contribution is 2.33. The standard InChI is InChI=1S/C21H19I2S/c1-15(2)16-8-10-18(11-9-16)24(17-6-4-3-5-7-17)19-12-13-20(22)21(23)14-19/h3-15H,1-2H3/q+1. The Balaban J connectivity index is 2.10. The van der Waals surface area contributed by atoms with Crippen molar-refractivity contribution in [2.45, 2.75) is 34.5 Å². The Morgan fingerprint density at radius 2 is 1.25 bits per heavy atom. The van der Waals surface area contributed by atoms with E-state index in [-0.39, 0.29) is 10.9 Å². The van der Waals surface area contributed by atoms with Gasteiger partial charge in [-0.05, 0) is 93.1 Å². The molecule has 0 aliphatic heterocycles. The van der Waals surface area contributed by atoms with Crippen LogP contribution >= 0.6 is 45.2 Å². The van der Waals surface area contributed by atoms with Crippen molar-refractivity contribution >= 4 is 56.1 Å². The molecule has 0 bridgehead atoms. The van der Waals surface area contributed by atoms with Crippen molar-refractivity contribution in [1.29, 1.82) is 0 Å². The first-order valence-electron chi connectivity index (χ1n) is 7.90. The molecule has 3 rings (SSSR count). The van der Waals surface area contributed by atoms with E-state index in [1.54, 1.807) is 0 Å². The fraction of sp³-hybridized carbons (Fsp3) is 0.143. The molecule has 0 aliphatic carbocycles. The molecule has 122 valence electrons. The topological polar surface area (TPSA) is 0 Å². The summed E-state index contributed by atoms with van der Waals surface area (Å²) in [4.78, 5) is 4.12. The molecule has 3 aromatic rings. The SMILES string of the molecule is CC(C)c1ccc([S+](c2ccccc2)c2ccc(I)c(I)c2)cc1. The predicted molar refractivity (Wildman–Crippen MR) is 121 cm³/mol. The number of rotatable bonds is 4. The predicted octanol–water partition coefficient (Wildman–Crippen LogP) is 7.11. The summed E-state index contributed by atoms with van der Waals surface area (Å²) in [6.07, 6.45) is 0. The molecule has 0 fully saturated rings. The minimum Gasteiger partial charge on any atom is -0.0619 e. The third-order valence-corrected chi connectivity index (χ3v) is 8.97. The lowest BCUT2D eigenvalue weighted by Crippen LogP contribution is -2.05. The van der Waals surface area contributed by atoms with Gasteiger partial charge in [0.15, 0.2) is 14.7 Å². The van der Waals surface area contributed by atoms with Crippen molar-refractivity contribution in [3.05, 3.63) is 85.5 Å². The number of benzene rings is 3. The first-order chi connectivity index (χ1) is 11.6. The van der Waals surface area contributed by atoms with Gasteiger partial charge in [0.05, 0.1) is 10.9 Å². The molecule has 3 aromatic carbocycles. The van der Waals surface area contributed by atoms with Gasteiger partial charge in [-0.25, -0.2) is 0 Å². The lowest BCUT2D eigenvalue weighted by atomic mass is 10.0. The summed E-state index contributed by atoms with van der Waals surface area (Å²) >= 11 is 4.83. The maximum Gasteiger partial charge on any atom is 0.167 e. The number of hydrogen-bond acceptors (Lipinski definition) is 0. The third-order valence-electron chi connectivity index (χ3n) is 3.89. The van der Waals surface area contributed by atoms with Crippen molar-refractivity contribution in [2.75, 3.05) is 0 Å². The van der Waals surface area contributed by atoms with Gasteiger partial charge in [-0.2, -0.15) is 0 Å². The van der Waals surface area contributed by atoms with Gasteiger partial charge in [0, 0.05) is 13.2 Å². The van der Waals surface area contributed by atoms with Crippen LogP contribution in [0.3, 0.4) is 0 Å². The van der Waals surface area contributed by atoms with Crippen molar-refractivity contribution in [3.63, 3.8) is 0 Å². The van der Waals surface area contributed by atoms with Crippen LogP contribution in [0.1, 0.15) is 25.3 Å². The molecule has 0 amide bonds. The summed E-state index contributed by atoms with van der Waals surface area (Å²) in [6.45, 7) is 4.49. The average molecular weight is 557 g/mol. The van der Waals surface area contributed by atoms with Gasteiger partial charge < -0.3 is 0 Å². The molecule has 3 heteroatoms. The van der Waals surface area contributed by atoms with Crippen LogP contribution < -0.4 is 0 Å². The first kappa shape index (κ1) is 18.3. The highest BCUT2D eigenvalue weighted by Gasteiger charge is 2.29. The summed E-state index contributed by atoms with van der Waals surface area (Å²) in [5, 5.41) is 0. The molecule has 0 saturated heterocycles. The van der Waals surface area contributed by atoms with Gasteiger partial charge in [-0.15, -0.1) is 0 Å². The van der Waals surface area contributed by atoms with Crippen LogP contribution in [0, 0.1) is 7.14 Å². The maximum absolute atomic E-state index is 2.43. The number of halogens is 2. The van der Waals surface area contributed by atoms with E-state index < -0.39 is 0 Å². The Hall–Kier alpha value is -0.530. The van der Waals surface area contributed by atoms with E-state index in [9.17, 15) is 0 Å². The fourth-order valence-corrected chi connectivity index (χ4v) is 5.71. The molecule has 0 spiro atoms. The second kappa shape index (κ2) is 8.23. The first-order valence-corrected chi connectivity index (χ1v) is 11.3. The van der Waals surface area contributed by atoms with E-state index in [2.05, 4.69) is 132 Å². The summed E-state index contributed by atoms with van der Waals surface area (Å²) in [5.41, 5.74) is 1.40. The Bertz CT molecular complexity index is 811. The largest absolute Gasteiger partial charge is 0.167 e. The van der Waals surface area contributed by atoms with E-state index in [0.29, 0.717) is 5.92 Å². The van der Waals surface area contributed by atoms with Gasteiger partial charge in [0.25, 0.3) is 0 Å². The normalized spacial score (nSPS) is 12.4. The van der Waals surface area contributed by atoms with Crippen molar-refractivity contribution < 1.29 is 0 Å². The lowest BCUT2D eigenvalue weighted by molar-refractivity contribution is 0.864. The second-order valence-corrected chi connectivity index (χ2v) is 10.3. The van der Waals surface area contributed by atoms with E-state index >= 15 is 0 Å². The van der Waals surface area contributed by atoms with Crippen LogP contribution in [-0.2, 0) is 10.9 Å². The molecule has 0 heterocycles. The summed E-state index contributed by atoms with van der Waals surface area (Å²) in [7, 11) is -0.0628. The minimum absolute atomic E-state index is 0.0628. The quantitative estimate of drug-likeness (QED) is 0.237. The average Bonchev–Trinajstić information content (AvgIpc) is 2.60. The smallest absolute Gasteiger partial charge is 0.0619 e. The molecule has 0 aliphatic rings. The molecule has 0 saturated carbocycles. The van der Waals surface area contributed by atoms with Crippen LogP contribution in [-0.4, -0.2) is 0 Å². The van der Waals surface area contributed by atoms with Gasteiger partial charge in [-0.1, -0.05) is 44.2 Å². The van der Waals surface area contributed by atoms with Crippen LogP contribution in [0.5, 0.6) is 0 Å². The molecule has 0 radical (unpaired) electrons. The van der Waals surface area contributed by atoms with Gasteiger partial charge >= 0.3 is 0 Å². The second-order valence-electron chi connectivity index (χ2n) is 5.92. The molecule has 1 atom stereocenters. The van der Waals surface area contributed by atoms with Crippen LogP contribution in [0.25, 0.3) is 0 Å². The Morgan fingerprint density at radius 3 is 1.83 bits per heavy atom. The monoisotopic (exact) mass is 557 g/mol. The van der Waals surface area contributed by atoms with Crippen molar-refractivity contribution in [2.24, 2.45) is 0 Å². The van der Waals surface area contributed by atoms with Crippen LogP contribution in [0.15, 0.2) is 87.5 Å². The van der Waals surface area contributed by atoms with E-state index in [4.69, 9.17) is 0 Å². The summed E-state index contributed by atoms with van der Waals surface area (Å²) in [6, 6.07) is 26.8. The zero-order valence-corrected chi connectivity index (χ0v) is 18.8. The van der Waals surface area contributed by atoms with Crippen LogP contribution in [0.2, 0.25) is 0 Å². The van der Waals surface area contributed by atoms with E-state index in [0.717, 1.165) is 0 Å². The lowest BCUT2D eigenvalue weighted by Gasteiger charge is -2.10.